The largest absolute Gasteiger partial charge is 0.497 e. The molecule has 0 bridgehead atoms. The fourth-order valence-corrected chi connectivity index (χ4v) is 4.42. The molecule has 0 aliphatic rings. The summed E-state index contributed by atoms with van der Waals surface area (Å²) in [6.45, 7) is 0.00461. The lowest BCUT2D eigenvalue weighted by Gasteiger charge is -2.11. The van der Waals surface area contributed by atoms with Gasteiger partial charge in [-0.3, -0.25) is 9.36 Å². The Bertz CT molecular complexity index is 1560. The number of fused-ring (bicyclic) bond motifs is 1. The van der Waals surface area contributed by atoms with E-state index < -0.39 is 5.69 Å². The monoisotopic (exact) mass is 462 g/mol. The van der Waals surface area contributed by atoms with Gasteiger partial charge in [0.15, 0.2) is 0 Å². The molecule has 5 aromatic rings. The molecule has 0 fully saturated rings. The minimum atomic E-state index is -0.506. The van der Waals surface area contributed by atoms with E-state index in [9.17, 15) is 9.59 Å². The highest BCUT2D eigenvalue weighted by Gasteiger charge is 2.19. The van der Waals surface area contributed by atoms with Crippen molar-refractivity contribution in [3.8, 4) is 28.6 Å². The van der Waals surface area contributed by atoms with Crippen LogP contribution in [-0.2, 0) is 6.54 Å². The number of nitrogens with zero attached hydrogens (tertiary/aromatic N) is 4. The number of rotatable bonds is 6. The van der Waals surface area contributed by atoms with Crippen LogP contribution in [0.15, 0.2) is 74.1 Å². The summed E-state index contributed by atoms with van der Waals surface area (Å²) in [5.74, 6) is 1.81. The van der Waals surface area contributed by atoms with E-state index >= 15 is 0 Å². The number of para-hydroxylation sites is 1. The van der Waals surface area contributed by atoms with Gasteiger partial charge in [0.25, 0.3) is 5.56 Å². The van der Waals surface area contributed by atoms with Gasteiger partial charge < -0.3 is 14.0 Å². The van der Waals surface area contributed by atoms with Crippen LogP contribution in [0.1, 0.15) is 5.89 Å². The van der Waals surface area contributed by atoms with Crippen molar-refractivity contribution in [1.82, 2.24) is 19.3 Å². The summed E-state index contributed by atoms with van der Waals surface area (Å²) in [7, 11) is 3.12. The second kappa shape index (κ2) is 8.40. The normalized spacial score (nSPS) is 11.1. The molecule has 0 N–H and O–H groups in total. The van der Waals surface area contributed by atoms with Crippen LogP contribution in [0.4, 0.5) is 0 Å². The van der Waals surface area contributed by atoms with E-state index in [4.69, 9.17) is 14.0 Å². The lowest BCUT2D eigenvalue weighted by Crippen LogP contribution is -2.38. The molecular weight excluding hydrogens is 444 g/mol. The summed E-state index contributed by atoms with van der Waals surface area (Å²) in [5, 5.41) is 5.82. The molecule has 5 rings (SSSR count). The van der Waals surface area contributed by atoms with E-state index in [1.165, 1.54) is 15.9 Å². The van der Waals surface area contributed by atoms with Crippen LogP contribution >= 0.6 is 11.3 Å². The predicted octanol–water partition coefficient (Wildman–Crippen LogP) is 3.33. The van der Waals surface area contributed by atoms with Gasteiger partial charge in [-0.1, -0.05) is 17.3 Å². The van der Waals surface area contributed by atoms with E-state index in [1.807, 2.05) is 18.2 Å². The fourth-order valence-electron chi connectivity index (χ4n) is 3.59. The average Bonchev–Trinajstić information content (AvgIpc) is 3.52. The Hall–Kier alpha value is -4.18. The molecule has 0 saturated carbocycles. The smallest absolute Gasteiger partial charge is 0.336 e. The maximum absolute atomic E-state index is 13.4. The summed E-state index contributed by atoms with van der Waals surface area (Å²) in [6.07, 6.45) is 0. The van der Waals surface area contributed by atoms with Gasteiger partial charge in [-0.2, -0.15) is 4.98 Å². The molecule has 33 heavy (non-hydrogen) atoms. The van der Waals surface area contributed by atoms with Crippen molar-refractivity contribution in [2.45, 2.75) is 6.54 Å². The van der Waals surface area contributed by atoms with Gasteiger partial charge in [0.2, 0.25) is 11.7 Å². The molecule has 9 nitrogen and oxygen atoms in total. The second-order valence-corrected chi connectivity index (χ2v) is 7.97. The van der Waals surface area contributed by atoms with Gasteiger partial charge in [0, 0.05) is 0 Å². The van der Waals surface area contributed by atoms with Crippen LogP contribution in [0.25, 0.3) is 27.3 Å². The molecule has 0 saturated heterocycles. The van der Waals surface area contributed by atoms with Gasteiger partial charge >= 0.3 is 5.69 Å². The summed E-state index contributed by atoms with van der Waals surface area (Å²) < 4.78 is 19.0. The Labute approximate surface area is 191 Å². The van der Waals surface area contributed by atoms with Crippen molar-refractivity contribution < 1.29 is 14.0 Å². The van der Waals surface area contributed by atoms with Crippen molar-refractivity contribution in [3.05, 3.63) is 86.7 Å². The number of methoxy groups -OCH3 is 2. The van der Waals surface area contributed by atoms with E-state index in [-0.39, 0.29) is 18.0 Å². The van der Waals surface area contributed by atoms with Gasteiger partial charge in [0.1, 0.15) is 22.7 Å². The van der Waals surface area contributed by atoms with Crippen LogP contribution in [0.5, 0.6) is 11.5 Å². The first-order valence-electron chi connectivity index (χ1n) is 9.94. The minimum Gasteiger partial charge on any atom is -0.497 e. The molecular formula is C23H18N4O5S. The number of hydrogen-bond acceptors (Lipinski definition) is 8. The van der Waals surface area contributed by atoms with Crippen molar-refractivity contribution in [2.75, 3.05) is 14.2 Å². The number of thiophene rings is 1. The number of ether oxygens (including phenoxy) is 2. The topological polar surface area (TPSA) is 101 Å². The third-order valence-electron chi connectivity index (χ3n) is 5.19. The van der Waals surface area contributed by atoms with Crippen LogP contribution in [-0.4, -0.2) is 33.5 Å². The highest BCUT2D eigenvalue weighted by atomic mass is 32.1. The van der Waals surface area contributed by atoms with Crippen LogP contribution in [0.2, 0.25) is 0 Å². The van der Waals surface area contributed by atoms with Crippen molar-refractivity contribution in [3.63, 3.8) is 0 Å². The van der Waals surface area contributed by atoms with Crippen molar-refractivity contribution in [2.24, 2.45) is 0 Å². The SMILES string of the molecule is COc1ccc(-n2c(=O)c3sccc3n(Cc3nc(-c4ccccc4OC)no3)c2=O)cc1. The van der Waals surface area contributed by atoms with Crippen LogP contribution in [0, 0.1) is 0 Å². The first kappa shape index (κ1) is 20.7. The van der Waals surface area contributed by atoms with E-state index in [2.05, 4.69) is 10.1 Å². The molecule has 2 aromatic carbocycles. The fraction of sp³-hybridized carbons (Fsp3) is 0.130. The minimum absolute atomic E-state index is 0.00461. The highest BCUT2D eigenvalue weighted by molar-refractivity contribution is 7.17. The van der Waals surface area contributed by atoms with Gasteiger partial charge in [-0.25, -0.2) is 9.36 Å². The molecule has 166 valence electrons. The van der Waals surface area contributed by atoms with Crippen molar-refractivity contribution in [1.29, 1.82) is 0 Å². The maximum Gasteiger partial charge on any atom is 0.336 e. The molecule has 0 unspecified atom stereocenters. The lowest BCUT2D eigenvalue weighted by molar-refractivity contribution is 0.369. The van der Waals surface area contributed by atoms with Gasteiger partial charge in [-0.15, -0.1) is 11.3 Å². The number of benzene rings is 2. The Morgan fingerprint density at radius 3 is 2.55 bits per heavy atom. The van der Waals surface area contributed by atoms with Crippen LogP contribution in [0.3, 0.4) is 0 Å². The predicted molar refractivity (Wildman–Crippen MR) is 124 cm³/mol. The third kappa shape index (κ3) is 3.60. The van der Waals surface area contributed by atoms with Crippen molar-refractivity contribution >= 4 is 21.6 Å². The highest BCUT2D eigenvalue weighted by Crippen LogP contribution is 2.27. The molecule has 10 heteroatoms. The molecule has 0 aliphatic carbocycles. The molecule has 0 atom stereocenters. The summed E-state index contributed by atoms with van der Waals surface area (Å²) >= 11 is 1.27. The second-order valence-electron chi connectivity index (χ2n) is 7.05. The third-order valence-corrected chi connectivity index (χ3v) is 6.09. The van der Waals surface area contributed by atoms with Gasteiger partial charge in [0.05, 0.1) is 31.0 Å². The van der Waals surface area contributed by atoms with E-state index in [0.29, 0.717) is 38.8 Å². The Morgan fingerprint density at radius 2 is 1.79 bits per heavy atom. The molecule has 0 aliphatic heterocycles. The van der Waals surface area contributed by atoms with E-state index in [1.54, 1.807) is 56.0 Å². The average molecular weight is 462 g/mol. The van der Waals surface area contributed by atoms with Crippen LogP contribution < -0.4 is 20.7 Å². The molecule has 3 aromatic heterocycles. The molecule has 0 spiro atoms. The lowest BCUT2D eigenvalue weighted by atomic mass is 10.2. The Morgan fingerprint density at radius 1 is 1.00 bits per heavy atom. The summed E-state index contributed by atoms with van der Waals surface area (Å²) in [4.78, 5) is 31.0. The number of hydrogen-bond donors (Lipinski definition) is 0. The maximum atomic E-state index is 13.4. The zero-order valence-electron chi connectivity index (χ0n) is 17.7. The standard InChI is InChI=1S/C23H18N4O5S/c1-30-15-9-7-14(8-10-15)27-22(28)20-17(11-12-33-20)26(23(27)29)13-19-24-21(25-32-19)16-5-3-4-6-18(16)31-2/h3-12H,13H2,1-2H3. The summed E-state index contributed by atoms with van der Waals surface area (Å²) in [5.41, 5.74) is 0.734. The Kier molecular flexibility index (Phi) is 5.27. The first-order chi connectivity index (χ1) is 16.1. The number of aromatic nitrogens is 4. The zero-order chi connectivity index (χ0) is 22.9. The van der Waals surface area contributed by atoms with Gasteiger partial charge in [-0.05, 0) is 47.8 Å². The molecule has 3 heterocycles. The zero-order valence-corrected chi connectivity index (χ0v) is 18.5. The summed E-state index contributed by atoms with van der Waals surface area (Å²) in [6, 6.07) is 15.8. The quantitative estimate of drug-likeness (QED) is 0.381. The molecule has 0 amide bonds. The first-order valence-corrected chi connectivity index (χ1v) is 10.8. The molecule has 0 radical (unpaired) electrons. The Balaban J connectivity index is 1.61. The van der Waals surface area contributed by atoms with E-state index in [0.717, 1.165) is 4.57 Å².